The third-order valence-corrected chi connectivity index (χ3v) is 7.06. The molecule has 0 radical (unpaired) electrons. The van der Waals surface area contributed by atoms with Crippen molar-refractivity contribution in [2.24, 2.45) is 4.99 Å². The molecule has 4 aromatic rings. The number of nitrogens with one attached hydrogen (secondary N) is 2. The van der Waals surface area contributed by atoms with E-state index < -0.39 is 6.36 Å². The SMILES string of the molecule is CCCSC(=Nc1c(Cl)cccc1Cl)NNCCc1ccc(-c2ncn(-c3ccc(OC(F)(F)F)cc3)n2)cc1. The molecule has 7 nitrogen and oxygen atoms in total. The highest BCUT2D eigenvalue weighted by molar-refractivity contribution is 8.13. The maximum atomic E-state index is 12.4. The van der Waals surface area contributed by atoms with Crippen molar-refractivity contribution < 1.29 is 17.9 Å². The fourth-order valence-electron chi connectivity index (χ4n) is 3.48. The fourth-order valence-corrected chi connectivity index (χ4v) is 4.66. The summed E-state index contributed by atoms with van der Waals surface area (Å²) in [6.07, 6.45) is -1.49. The summed E-state index contributed by atoms with van der Waals surface area (Å²) in [5.74, 6) is 1.08. The number of rotatable bonds is 10. The molecule has 0 aliphatic rings. The topological polar surface area (TPSA) is 76.4 Å². The molecule has 1 heterocycles. The molecule has 0 aliphatic heterocycles. The van der Waals surface area contributed by atoms with Crippen molar-refractivity contribution in [2.45, 2.75) is 26.1 Å². The Morgan fingerprint density at radius 3 is 2.38 bits per heavy atom. The minimum atomic E-state index is -4.74. The van der Waals surface area contributed by atoms with E-state index in [-0.39, 0.29) is 5.75 Å². The van der Waals surface area contributed by atoms with Crippen LogP contribution in [0.3, 0.4) is 0 Å². The van der Waals surface area contributed by atoms with Crippen LogP contribution in [-0.2, 0) is 6.42 Å². The second-order valence-electron chi connectivity index (χ2n) is 8.39. The Morgan fingerprint density at radius 2 is 1.73 bits per heavy atom. The first-order valence-electron chi connectivity index (χ1n) is 12.2. The van der Waals surface area contributed by atoms with Crippen molar-refractivity contribution in [3.8, 4) is 22.8 Å². The van der Waals surface area contributed by atoms with Crippen molar-refractivity contribution in [1.82, 2.24) is 25.6 Å². The first-order valence-corrected chi connectivity index (χ1v) is 14.0. The third kappa shape index (κ3) is 8.62. The molecule has 1 aromatic heterocycles. The molecule has 210 valence electrons. The quantitative estimate of drug-likeness (QED) is 0.0835. The first-order chi connectivity index (χ1) is 19.2. The Bertz CT molecular complexity index is 1410. The number of hydrogen-bond donors (Lipinski definition) is 2. The summed E-state index contributed by atoms with van der Waals surface area (Å²) in [7, 11) is 0. The van der Waals surface area contributed by atoms with Gasteiger partial charge in [-0.3, -0.25) is 0 Å². The highest BCUT2D eigenvalue weighted by Gasteiger charge is 2.31. The van der Waals surface area contributed by atoms with Crippen LogP contribution in [0.1, 0.15) is 18.9 Å². The highest BCUT2D eigenvalue weighted by atomic mass is 35.5. The lowest BCUT2D eigenvalue weighted by Gasteiger charge is -2.12. The average molecular weight is 610 g/mol. The van der Waals surface area contributed by atoms with Crippen molar-refractivity contribution in [3.05, 3.63) is 88.7 Å². The molecule has 2 N–H and O–H groups in total. The van der Waals surface area contributed by atoms with Gasteiger partial charge >= 0.3 is 6.36 Å². The van der Waals surface area contributed by atoms with Crippen LogP contribution < -0.4 is 15.6 Å². The van der Waals surface area contributed by atoms with E-state index in [1.54, 1.807) is 30.0 Å². The van der Waals surface area contributed by atoms with Crippen molar-refractivity contribution in [1.29, 1.82) is 0 Å². The van der Waals surface area contributed by atoms with Gasteiger partial charge in [0.15, 0.2) is 11.0 Å². The largest absolute Gasteiger partial charge is 0.573 e. The Hall–Kier alpha value is -3.25. The van der Waals surface area contributed by atoms with Crippen LogP contribution in [0.4, 0.5) is 18.9 Å². The average Bonchev–Trinajstić information content (AvgIpc) is 3.41. The molecular weight excluding hydrogens is 584 g/mol. The van der Waals surface area contributed by atoms with Crippen molar-refractivity contribution in [3.63, 3.8) is 0 Å². The summed E-state index contributed by atoms with van der Waals surface area (Å²) >= 11 is 14.1. The Morgan fingerprint density at radius 1 is 1.02 bits per heavy atom. The van der Waals surface area contributed by atoms with Gasteiger partial charge in [0, 0.05) is 17.9 Å². The third-order valence-electron chi connectivity index (χ3n) is 5.37. The molecule has 0 bridgehead atoms. The van der Waals surface area contributed by atoms with Crippen LogP contribution in [0.15, 0.2) is 78.0 Å². The molecule has 0 aliphatic carbocycles. The van der Waals surface area contributed by atoms with E-state index in [1.807, 2.05) is 24.3 Å². The number of hydrazine groups is 1. The van der Waals surface area contributed by atoms with Gasteiger partial charge in [0.1, 0.15) is 17.8 Å². The molecule has 0 fully saturated rings. The number of ether oxygens (including phenoxy) is 1. The van der Waals surface area contributed by atoms with Crippen LogP contribution in [0, 0.1) is 0 Å². The predicted octanol–water partition coefficient (Wildman–Crippen LogP) is 7.61. The van der Waals surface area contributed by atoms with Crippen LogP contribution in [0.5, 0.6) is 5.75 Å². The van der Waals surface area contributed by atoms with Gasteiger partial charge in [-0.15, -0.1) is 18.3 Å². The minimum absolute atomic E-state index is 0.301. The number of nitrogens with zero attached hydrogens (tertiary/aromatic N) is 4. The van der Waals surface area contributed by atoms with E-state index in [9.17, 15) is 13.2 Å². The van der Waals surface area contributed by atoms with Gasteiger partial charge in [0.2, 0.25) is 0 Å². The summed E-state index contributed by atoms with van der Waals surface area (Å²) in [6, 6.07) is 18.5. The Labute approximate surface area is 243 Å². The van der Waals surface area contributed by atoms with Crippen molar-refractivity contribution in [2.75, 3.05) is 12.3 Å². The van der Waals surface area contributed by atoms with Gasteiger partial charge in [-0.05, 0) is 54.8 Å². The lowest BCUT2D eigenvalue weighted by atomic mass is 10.1. The molecule has 3 aromatic carbocycles. The number of alkyl halides is 3. The number of amidine groups is 1. The van der Waals surface area contributed by atoms with Crippen LogP contribution in [0.25, 0.3) is 17.1 Å². The zero-order valence-electron chi connectivity index (χ0n) is 21.3. The maximum absolute atomic E-state index is 12.4. The van der Waals surface area contributed by atoms with E-state index in [2.05, 4.69) is 37.6 Å². The normalized spacial score (nSPS) is 12.0. The monoisotopic (exact) mass is 608 g/mol. The van der Waals surface area contributed by atoms with Gasteiger partial charge in [0.05, 0.1) is 15.7 Å². The van der Waals surface area contributed by atoms with E-state index in [4.69, 9.17) is 23.2 Å². The van der Waals surface area contributed by atoms with Crippen molar-refractivity contribution >= 4 is 45.8 Å². The number of halogens is 5. The fraction of sp³-hybridized carbons (Fsp3) is 0.222. The standard InChI is InChI=1S/C27H25Cl2F3N6OS/c1-2-16-40-26(35-24-22(28)4-3-5-23(24)29)36-34-15-14-18-6-8-19(9-7-18)25-33-17-38(37-25)20-10-12-21(13-11-20)39-27(30,31)32/h3-13,17,34H,2,14-16H2,1H3,(H,35,36). The zero-order valence-corrected chi connectivity index (χ0v) is 23.6. The molecule has 0 unspecified atom stereocenters. The van der Waals surface area contributed by atoms with Gasteiger partial charge < -0.3 is 10.2 Å². The molecule has 0 saturated heterocycles. The number of aromatic nitrogens is 3. The van der Waals surface area contributed by atoms with E-state index in [0.717, 1.165) is 29.7 Å². The Balaban J connectivity index is 1.32. The smallest absolute Gasteiger partial charge is 0.406 e. The van der Waals surface area contributed by atoms with Gasteiger partial charge in [-0.1, -0.05) is 72.2 Å². The molecule has 40 heavy (non-hydrogen) atoms. The lowest BCUT2D eigenvalue weighted by molar-refractivity contribution is -0.274. The number of benzene rings is 3. The van der Waals surface area contributed by atoms with Gasteiger partial charge in [0.25, 0.3) is 0 Å². The zero-order chi connectivity index (χ0) is 28.5. The molecular formula is C27H25Cl2F3N6OS. The molecule has 13 heteroatoms. The van der Waals surface area contributed by atoms with Crippen LogP contribution in [-0.4, -0.2) is 38.6 Å². The second-order valence-corrected chi connectivity index (χ2v) is 10.3. The van der Waals surface area contributed by atoms with Crippen LogP contribution >= 0.6 is 35.0 Å². The molecule has 0 atom stereocenters. The summed E-state index contributed by atoms with van der Waals surface area (Å²) in [4.78, 5) is 8.93. The van der Waals surface area contributed by atoms with E-state index in [0.29, 0.717) is 39.0 Å². The van der Waals surface area contributed by atoms with Gasteiger partial charge in [-0.2, -0.15) is 0 Å². The predicted molar refractivity (Wildman–Crippen MR) is 155 cm³/mol. The summed E-state index contributed by atoms with van der Waals surface area (Å²) in [5, 5.41) is 6.08. The van der Waals surface area contributed by atoms with Crippen LogP contribution in [0.2, 0.25) is 10.0 Å². The molecule has 0 amide bonds. The minimum Gasteiger partial charge on any atom is -0.406 e. The molecule has 0 spiro atoms. The highest BCUT2D eigenvalue weighted by Crippen LogP contribution is 2.33. The summed E-state index contributed by atoms with van der Waals surface area (Å²) in [6.45, 7) is 2.74. The number of aliphatic imine (C=N–C) groups is 1. The van der Waals surface area contributed by atoms with E-state index in [1.165, 1.54) is 35.3 Å². The first kappa shape index (κ1) is 29.7. The van der Waals surface area contributed by atoms with E-state index >= 15 is 0 Å². The number of thioether (sulfide) groups is 1. The lowest BCUT2D eigenvalue weighted by Crippen LogP contribution is -2.37. The maximum Gasteiger partial charge on any atom is 0.573 e. The molecule has 0 saturated carbocycles. The second kappa shape index (κ2) is 13.9. The Kier molecular flexibility index (Phi) is 10.3. The molecule has 4 rings (SSSR count). The summed E-state index contributed by atoms with van der Waals surface area (Å²) in [5.41, 5.74) is 9.35. The number of hydrogen-bond acceptors (Lipinski definition) is 6. The number of para-hydroxylation sites is 1. The van der Waals surface area contributed by atoms with Gasteiger partial charge in [-0.25, -0.2) is 20.1 Å². The summed E-state index contributed by atoms with van der Waals surface area (Å²) < 4.78 is 42.5.